The molecule has 1 aliphatic rings. The number of hydrogen-bond acceptors (Lipinski definition) is 3. The summed E-state index contributed by atoms with van der Waals surface area (Å²) < 4.78 is 0. The minimum atomic E-state index is 0.00757. The Labute approximate surface area is 213 Å². The number of rotatable bonds is 3. The maximum absolute atomic E-state index is 13.9. The van der Waals surface area contributed by atoms with Gasteiger partial charge >= 0.3 is 0 Å². The topological polar surface area (TPSA) is 36.4 Å². The van der Waals surface area contributed by atoms with Crippen LogP contribution < -0.4 is 4.90 Å². The van der Waals surface area contributed by atoms with Crippen molar-refractivity contribution in [2.75, 3.05) is 31.1 Å². The third-order valence-corrected chi connectivity index (χ3v) is 7.06. The number of pyridine rings is 1. The number of para-hydroxylation sites is 1. The van der Waals surface area contributed by atoms with E-state index in [1.165, 1.54) is 0 Å². The Morgan fingerprint density at radius 2 is 1.59 bits per heavy atom. The van der Waals surface area contributed by atoms with Crippen LogP contribution in [0.5, 0.6) is 0 Å². The third-order valence-electron chi connectivity index (χ3n) is 6.28. The lowest BCUT2D eigenvalue weighted by Crippen LogP contribution is -2.49. The fraction of sp³-hybridized carbons (Fsp3) is 0.185. The van der Waals surface area contributed by atoms with Crippen LogP contribution in [0.4, 0.5) is 5.69 Å². The second-order valence-corrected chi connectivity index (χ2v) is 9.64. The Morgan fingerprint density at radius 3 is 2.32 bits per heavy atom. The zero-order valence-electron chi connectivity index (χ0n) is 18.6. The van der Waals surface area contributed by atoms with Gasteiger partial charge in [-0.05, 0) is 55.0 Å². The quantitative estimate of drug-likeness (QED) is 0.294. The first-order valence-corrected chi connectivity index (χ1v) is 12.2. The van der Waals surface area contributed by atoms with E-state index >= 15 is 0 Å². The maximum Gasteiger partial charge on any atom is 0.255 e. The lowest BCUT2D eigenvalue weighted by atomic mass is 9.96. The molecule has 4 aromatic rings. The highest BCUT2D eigenvalue weighted by Crippen LogP contribution is 2.35. The van der Waals surface area contributed by atoms with Crippen LogP contribution in [0.2, 0.25) is 15.1 Å². The summed E-state index contributed by atoms with van der Waals surface area (Å²) in [5.74, 6) is 0.00757. The van der Waals surface area contributed by atoms with E-state index in [-0.39, 0.29) is 5.91 Å². The summed E-state index contributed by atoms with van der Waals surface area (Å²) in [6, 6.07) is 20.9. The molecule has 0 aliphatic carbocycles. The van der Waals surface area contributed by atoms with Crippen molar-refractivity contribution in [2.45, 2.75) is 6.92 Å². The van der Waals surface area contributed by atoms with E-state index < -0.39 is 0 Å². The van der Waals surface area contributed by atoms with Crippen molar-refractivity contribution in [3.63, 3.8) is 0 Å². The number of anilines is 1. The molecule has 0 N–H and O–H groups in total. The lowest BCUT2D eigenvalue weighted by molar-refractivity contribution is 0.0748. The van der Waals surface area contributed by atoms with Gasteiger partial charge in [0.05, 0.1) is 21.8 Å². The zero-order valence-corrected chi connectivity index (χ0v) is 20.8. The first-order valence-electron chi connectivity index (χ1n) is 11.1. The van der Waals surface area contributed by atoms with Crippen LogP contribution in [0, 0.1) is 6.92 Å². The Hall–Kier alpha value is -2.79. The fourth-order valence-electron chi connectivity index (χ4n) is 4.53. The van der Waals surface area contributed by atoms with Crippen molar-refractivity contribution in [3.05, 3.63) is 92.9 Å². The summed E-state index contributed by atoms with van der Waals surface area (Å²) in [6.45, 7) is 4.67. The zero-order chi connectivity index (χ0) is 23.8. The highest BCUT2D eigenvalue weighted by molar-refractivity contribution is 6.36. The van der Waals surface area contributed by atoms with Gasteiger partial charge in [0, 0.05) is 52.9 Å². The molecule has 34 heavy (non-hydrogen) atoms. The second kappa shape index (κ2) is 9.46. The van der Waals surface area contributed by atoms with Gasteiger partial charge in [0.2, 0.25) is 0 Å². The predicted molar refractivity (Wildman–Crippen MR) is 142 cm³/mol. The molecule has 1 aliphatic heterocycles. The molecule has 2 heterocycles. The fourth-order valence-corrected chi connectivity index (χ4v) is 5.21. The maximum atomic E-state index is 13.9. The molecule has 172 valence electrons. The van der Waals surface area contributed by atoms with Gasteiger partial charge in [-0.15, -0.1) is 0 Å². The predicted octanol–water partition coefficient (Wildman–Crippen LogP) is 7.13. The molecule has 4 nitrogen and oxygen atoms in total. The van der Waals surface area contributed by atoms with Crippen LogP contribution in [0.1, 0.15) is 15.9 Å². The summed E-state index contributed by atoms with van der Waals surface area (Å²) in [7, 11) is 0. The molecule has 1 saturated heterocycles. The van der Waals surface area contributed by atoms with Gasteiger partial charge in [-0.2, -0.15) is 0 Å². The van der Waals surface area contributed by atoms with E-state index in [9.17, 15) is 4.79 Å². The van der Waals surface area contributed by atoms with Gasteiger partial charge in [-0.25, -0.2) is 4.98 Å². The standard InChI is InChI=1S/C27H22Cl3N3O/c1-17-25(27(34)33-13-11-32(12-14-33)20-6-4-5-18(28)15-20)22-7-2-3-8-24(22)31-26(17)21-10-9-19(29)16-23(21)30/h2-10,15-16H,11-14H2,1H3. The molecule has 0 spiro atoms. The summed E-state index contributed by atoms with van der Waals surface area (Å²) in [5, 5.41) is 2.62. The Bertz CT molecular complexity index is 1400. The SMILES string of the molecule is Cc1c(-c2ccc(Cl)cc2Cl)nc2ccccc2c1C(=O)N1CCN(c2cccc(Cl)c2)CC1. The number of nitrogens with zero attached hydrogens (tertiary/aromatic N) is 3. The van der Waals surface area contributed by atoms with E-state index in [0.717, 1.165) is 40.8 Å². The van der Waals surface area contributed by atoms with Crippen molar-refractivity contribution in [1.82, 2.24) is 9.88 Å². The molecule has 0 radical (unpaired) electrons. The molecule has 0 bridgehead atoms. The molecule has 1 aromatic heterocycles. The number of fused-ring (bicyclic) bond motifs is 1. The van der Waals surface area contributed by atoms with E-state index in [1.54, 1.807) is 12.1 Å². The molecule has 1 fully saturated rings. The van der Waals surface area contributed by atoms with Crippen LogP contribution in [-0.4, -0.2) is 42.0 Å². The summed E-state index contributed by atoms with van der Waals surface area (Å²) in [6.07, 6.45) is 0. The van der Waals surface area contributed by atoms with Crippen LogP contribution in [-0.2, 0) is 0 Å². The van der Waals surface area contributed by atoms with Crippen molar-refractivity contribution in [2.24, 2.45) is 0 Å². The van der Waals surface area contributed by atoms with Crippen LogP contribution in [0.25, 0.3) is 22.2 Å². The molecular weight excluding hydrogens is 489 g/mol. The highest BCUT2D eigenvalue weighted by Gasteiger charge is 2.27. The minimum Gasteiger partial charge on any atom is -0.368 e. The lowest BCUT2D eigenvalue weighted by Gasteiger charge is -2.36. The number of halogens is 3. The minimum absolute atomic E-state index is 0.00757. The van der Waals surface area contributed by atoms with Crippen LogP contribution in [0.15, 0.2) is 66.7 Å². The smallest absolute Gasteiger partial charge is 0.255 e. The van der Waals surface area contributed by atoms with Crippen LogP contribution >= 0.6 is 34.8 Å². The average Bonchev–Trinajstić information content (AvgIpc) is 2.84. The summed E-state index contributed by atoms with van der Waals surface area (Å²) in [4.78, 5) is 22.9. The van der Waals surface area contributed by atoms with Gasteiger partial charge < -0.3 is 9.80 Å². The Balaban J connectivity index is 1.51. The molecular formula is C27H22Cl3N3O. The van der Waals surface area contributed by atoms with Crippen molar-refractivity contribution >= 4 is 57.3 Å². The molecule has 5 rings (SSSR count). The van der Waals surface area contributed by atoms with E-state index in [0.29, 0.717) is 39.4 Å². The molecule has 0 atom stereocenters. The Kier molecular flexibility index (Phi) is 6.39. The average molecular weight is 511 g/mol. The first-order chi connectivity index (χ1) is 16.4. The van der Waals surface area contributed by atoms with Gasteiger partial charge in [-0.1, -0.05) is 59.1 Å². The van der Waals surface area contributed by atoms with Gasteiger partial charge in [0.1, 0.15) is 0 Å². The number of hydrogen-bond donors (Lipinski definition) is 0. The van der Waals surface area contributed by atoms with Crippen molar-refractivity contribution < 1.29 is 4.79 Å². The third kappa shape index (κ3) is 4.34. The largest absolute Gasteiger partial charge is 0.368 e. The number of benzene rings is 3. The molecule has 7 heteroatoms. The number of piperazine rings is 1. The van der Waals surface area contributed by atoms with E-state index in [1.807, 2.05) is 66.4 Å². The van der Waals surface area contributed by atoms with Crippen molar-refractivity contribution in [1.29, 1.82) is 0 Å². The van der Waals surface area contributed by atoms with E-state index in [4.69, 9.17) is 39.8 Å². The highest BCUT2D eigenvalue weighted by atomic mass is 35.5. The molecule has 0 saturated carbocycles. The first kappa shape index (κ1) is 23.0. The van der Waals surface area contributed by atoms with E-state index in [2.05, 4.69) is 4.90 Å². The van der Waals surface area contributed by atoms with Crippen molar-refractivity contribution in [3.8, 4) is 11.3 Å². The van der Waals surface area contributed by atoms with Gasteiger partial charge in [0.15, 0.2) is 0 Å². The monoisotopic (exact) mass is 509 g/mol. The summed E-state index contributed by atoms with van der Waals surface area (Å²) in [5.41, 5.74) is 4.77. The molecule has 0 unspecified atom stereocenters. The number of carbonyl (C=O) groups excluding carboxylic acids is 1. The van der Waals surface area contributed by atoms with Gasteiger partial charge in [0.25, 0.3) is 5.91 Å². The molecule has 1 amide bonds. The summed E-state index contributed by atoms with van der Waals surface area (Å²) >= 11 is 18.8. The number of amides is 1. The number of carbonyl (C=O) groups is 1. The Morgan fingerprint density at radius 1 is 0.853 bits per heavy atom. The normalized spacial score (nSPS) is 14.0. The number of aromatic nitrogens is 1. The molecule has 3 aromatic carbocycles. The van der Waals surface area contributed by atoms with Gasteiger partial charge in [-0.3, -0.25) is 4.79 Å². The van der Waals surface area contributed by atoms with Crippen LogP contribution in [0.3, 0.4) is 0 Å². The second-order valence-electron chi connectivity index (χ2n) is 8.36.